The van der Waals surface area contributed by atoms with Gasteiger partial charge in [-0.15, -0.1) is 0 Å². The van der Waals surface area contributed by atoms with Crippen LogP contribution in [0.5, 0.6) is 5.75 Å². The van der Waals surface area contributed by atoms with Crippen molar-refractivity contribution in [2.45, 2.75) is 19.8 Å². The Morgan fingerprint density at radius 3 is 2.25 bits per heavy atom. The van der Waals surface area contributed by atoms with Gasteiger partial charge in [0.25, 0.3) is 5.91 Å². The van der Waals surface area contributed by atoms with Crippen LogP contribution >= 0.6 is 0 Å². The van der Waals surface area contributed by atoms with Gasteiger partial charge in [0.2, 0.25) is 11.8 Å². The summed E-state index contributed by atoms with van der Waals surface area (Å²) in [5, 5.41) is 2.69. The van der Waals surface area contributed by atoms with Crippen molar-refractivity contribution in [1.29, 1.82) is 0 Å². The highest BCUT2D eigenvalue weighted by atomic mass is 16.5. The summed E-state index contributed by atoms with van der Waals surface area (Å²) >= 11 is 0. The zero-order chi connectivity index (χ0) is 20.2. The van der Waals surface area contributed by atoms with Crippen molar-refractivity contribution < 1.29 is 19.1 Å². The molecule has 2 rings (SSSR count). The van der Waals surface area contributed by atoms with Crippen LogP contribution < -0.4 is 20.9 Å². The molecule has 3 amide bonds. The molecule has 0 unspecified atom stereocenters. The molecule has 0 radical (unpaired) electrons. The van der Waals surface area contributed by atoms with Gasteiger partial charge >= 0.3 is 0 Å². The summed E-state index contributed by atoms with van der Waals surface area (Å²) in [7, 11) is 0. The number of hydrogen-bond donors (Lipinski definition) is 3. The number of nitrogens with one attached hydrogen (secondary N) is 3. The molecule has 0 aliphatic heterocycles. The van der Waals surface area contributed by atoms with Crippen LogP contribution in [0.2, 0.25) is 0 Å². The van der Waals surface area contributed by atoms with Crippen LogP contribution in [-0.4, -0.2) is 24.3 Å². The van der Waals surface area contributed by atoms with Crippen molar-refractivity contribution >= 4 is 29.5 Å². The van der Waals surface area contributed by atoms with Gasteiger partial charge in [-0.1, -0.05) is 30.3 Å². The number of rotatable bonds is 8. The van der Waals surface area contributed by atoms with Crippen molar-refractivity contribution in [2.24, 2.45) is 0 Å². The number of carbonyl (C=O) groups is 3. The lowest BCUT2D eigenvalue weighted by molar-refractivity contribution is -0.128. The molecular weight excluding hydrogens is 358 g/mol. The summed E-state index contributed by atoms with van der Waals surface area (Å²) in [6.07, 6.45) is 2.89. The SMILES string of the molecule is CCOc1ccc(/C=C/C(=O)NNC(=O)CCC(=O)Nc2ccccc2)cc1. The second-order valence-electron chi connectivity index (χ2n) is 5.79. The number of ether oxygens (including phenoxy) is 1. The van der Waals surface area contributed by atoms with Gasteiger partial charge in [0.15, 0.2) is 0 Å². The van der Waals surface area contributed by atoms with E-state index in [0.29, 0.717) is 12.3 Å². The van der Waals surface area contributed by atoms with Crippen molar-refractivity contribution in [1.82, 2.24) is 10.9 Å². The maximum Gasteiger partial charge on any atom is 0.262 e. The summed E-state index contributed by atoms with van der Waals surface area (Å²) in [5.74, 6) is -0.447. The van der Waals surface area contributed by atoms with Gasteiger partial charge in [-0.2, -0.15) is 0 Å². The first kappa shape index (κ1) is 20.7. The molecule has 0 bridgehead atoms. The Morgan fingerprint density at radius 1 is 0.893 bits per heavy atom. The van der Waals surface area contributed by atoms with Crippen LogP contribution in [0.4, 0.5) is 5.69 Å². The fourth-order valence-corrected chi connectivity index (χ4v) is 2.22. The third kappa shape index (κ3) is 7.74. The highest BCUT2D eigenvalue weighted by Crippen LogP contribution is 2.12. The van der Waals surface area contributed by atoms with E-state index in [1.165, 1.54) is 6.08 Å². The number of carbonyl (C=O) groups excluding carboxylic acids is 3. The largest absolute Gasteiger partial charge is 0.494 e. The maximum absolute atomic E-state index is 11.8. The van der Waals surface area contributed by atoms with Crippen LogP contribution in [-0.2, 0) is 14.4 Å². The lowest BCUT2D eigenvalue weighted by atomic mass is 10.2. The topological polar surface area (TPSA) is 96.5 Å². The summed E-state index contributed by atoms with van der Waals surface area (Å²) in [6.45, 7) is 2.49. The molecule has 0 saturated heterocycles. The molecule has 0 saturated carbocycles. The van der Waals surface area contributed by atoms with E-state index in [1.807, 2.05) is 37.3 Å². The molecule has 2 aromatic rings. The van der Waals surface area contributed by atoms with E-state index in [2.05, 4.69) is 16.2 Å². The Hall–Kier alpha value is -3.61. The summed E-state index contributed by atoms with van der Waals surface area (Å²) in [6, 6.07) is 16.2. The van der Waals surface area contributed by atoms with Crippen LogP contribution in [0.1, 0.15) is 25.3 Å². The first-order valence-electron chi connectivity index (χ1n) is 8.91. The third-order valence-electron chi connectivity index (χ3n) is 3.58. The molecule has 0 spiro atoms. The van der Waals surface area contributed by atoms with Gasteiger partial charge in [-0.3, -0.25) is 25.2 Å². The van der Waals surface area contributed by atoms with E-state index < -0.39 is 11.8 Å². The minimum atomic E-state index is -0.476. The Balaban J connectivity index is 1.67. The van der Waals surface area contributed by atoms with E-state index >= 15 is 0 Å². The maximum atomic E-state index is 11.8. The molecule has 0 aliphatic carbocycles. The molecule has 7 heteroatoms. The Morgan fingerprint density at radius 2 is 1.57 bits per heavy atom. The van der Waals surface area contributed by atoms with E-state index in [0.717, 1.165) is 11.3 Å². The molecule has 0 aromatic heterocycles. The molecule has 0 heterocycles. The van der Waals surface area contributed by atoms with Crippen molar-refractivity contribution in [2.75, 3.05) is 11.9 Å². The van der Waals surface area contributed by atoms with E-state index in [9.17, 15) is 14.4 Å². The quantitative estimate of drug-likeness (QED) is 0.484. The number of para-hydroxylation sites is 1. The van der Waals surface area contributed by atoms with Crippen LogP contribution in [0.25, 0.3) is 6.08 Å². The Bertz CT molecular complexity index is 817. The van der Waals surface area contributed by atoms with Crippen molar-refractivity contribution in [3.63, 3.8) is 0 Å². The van der Waals surface area contributed by atoms with Crippen LogP contribution in [0, 0.1) is 0 Å². The third-order valence-corrected chi connectivity index (χ3v) is 3.58. The zero-order valence-corrected chi connectivity index (χ0v) is 15.6. The highest BCUT2D eigenvalue weighted by molar-refractivity contribution is 5.95. The second kappa shape index (κ2) is 11.2. The van der Waals surface area contributed by atoms with Crippen molar-refractivity contribution in [3.8, 4) is 5.75 Å². The fourth-order valence-electron chi connectivity index (χ4n) is 2.22. The van der Waals surface area contributed by atoms with Gasteiger partial charge < -0.3 is 10.1 Å². The standard InChI is InChI=1S/C21H23N3O4/c1-2-28-18-11-8-16(9-12-18)10-13-20(26)23-24-21(27)15-14-19(25)22-17-6-4-3-5-7-17/h3-13H,2,14-15H2,1H3,(H,22,25)(H,23,26)(H,24,27)/b13-10+. The molecule has 7 nitrogen and oxygen atoms in total. The van der Waals surface area contributed by atoms with E-state index in [1.54, 1.807) is 30.3 Å². The number of amides is 3. The van der Waals surface area contributed by atoms with Crippen LogP contribution in [0.3, 0.4) is 0 Å². The molecule has 3 N–H and O–H groups in total. The number of hydrazine groups is 1. The second-order valence-corrected chi connectivity index (χ2v) is 5.79. The number of hydrogen-bond acceptors (Lipinski definition) is 4. The summed E-state index contributed by atoms with van der Waals surface area (Å²) in [4.78, 5) is 35.3. The van der Waals surface area contributed by atoms with Gasteiger partial charge in [0.05, 0.1) is 6.61 Å². The Kier molecular flexibility index (Phi) is 8.26. The minimum Gasteiger partial charge on any atom is -0.494 e. The molecule has 2 aromatic carbocycles. The van der Waals surface area contributed by atoms with Gasteiger partial charge in [0, 0.05) is 24.6 Å². The molecule has 146 valence electrons. The van der Waals surface area contributed by atoms with E-state index in [-0.39, 0.29) is 18.7 Å². The smallest absolute Gasteiger partial charge is 0.262 e. The average molecular weight is 381 g/mol. The highest BCUT2D eigenvalue weighted by Gasteiger charge is 2.07. The predicted octanol–water partition coefficient (Wildman–Crippen LogP) is 2.66. The van der Waals surface area contributed by atoms with Gasteiger partial charge in [-0.05, 0) is 42.8 Å². The molecular formula is C21H23N3O4. The molecule has 0 aliphatic rings. The number of anilines is 1. The average Bonchev–Trinajstić information content (AvgIpc) is 2.71. The first-order chi connectivity index (χ1) is 13.6. The number of benzene rings is 2. The molecule has 0 atom stereocenters. The fraction of sp³-hybridized carbons (Fsp3) is 0.190. The minimum absolute atomic E-state index is 0.0125. The normalized spacial score (nSPS) is 10.3. The lowest BCUT2D eigenvalue weighted by Crippen LogP contribution is -2.41. The predicted molar refractivity (Wildman–Crippen MR) is 107 cm³/mol. The van der Waals surface area contributed by atoms with Gasteiger partial charge in [-0.25, -0.2) is 0 Å². The monoisotopic (exact) mass is 381 g/mol. The summed E-state index contributed by atoms with van der Waals surface area (Å²) in [5.41, 5.74) is 6.04. The zero-order valence-electron chi connectivity index (χ0n) is 15.6. The molecule has 28 heavy (non-hydrogen) atoms. The van der Waals surface area contributed by atoms with Crippen molar-refractivity contribution in [3.05, 3.63) is 66.2 Å². The van der Waals surface area contributed by atoms with Crippen LogP contribution in [0.15, 0.2) is 60.7 Å². The Labute approximate surface area is 163 Å². The first-order valence-corrected chi connectivity index (χ1v) is 8.91. The molecule has 0 fully saturated rings. The lowest BCUT2D eigenvalue weighted by Gasteiger charge is -2.06. The van der Waals surface area contributed by atoms with E-state index in [4.69, 9.17) is 4.74 Å². The summed E-state index contributed by atoms with van der Waals surface area (Å²) < 4.78 is 5.34. The van der Waals surface area contributed by atoms with Gasteiger partial charge in [0.1, 0.15) is 5.75 Å².